The van der Waals surface area contributed by atoms with Crippen LogP contribution in [0.25, 0.3) is 0 Å². The Bertz CT molecular complexity index is 953. The van der Waals surface area contributed by atoms with Crippen molar-refractivity contribution in [1.82, 2.24) is 0 Å². The summed E-state index contributed by atoms with van der Waals surface area (Å²) in [7, 11) is 0. The van der Waals surface area contributed by atoms with Crippen LogP contribution >= 0.6 is 0 Å². The Labute approximate surface area is 177 Å². The molecule has 3 aromatic carbocycles. The first-order valence-electron chi connectivity index (χ1n) is 10.0. The van der Waals surface area contributed by atoms with Gasteiger partial charge in [-0.05, 0) is 55.3 Å². The molecular weight excluding hydrogens is 380 g/mol. The lowest BCUT2D eigenvalue weighted by Crippen LogP contribution is -2.03. The van der Waals surface area contributed by atoms with E-state index in [9.17, 15) is 4.79 Å². The average Bonchev–Trinajstić information content (AvgIpc) is 2.78. The Morgan fingerprint density at radius 1 is 0.633 bits per heavy atom. The predicted octanol–water partition coefficient (Wildman–Crippen LogP) is 5.45. The van der Waals surface area contributed by atoms with Crippen molar-refractivity contribution in [2.24, 2.45) is 0 Å². The van der Waals surface area contributed by atoms with E-state index in [1.165, 1.54) is 0 Å². The topological polar surface area (TPSA) is 54.0 Å². The van der Waals surface area contributed by atoms with E-state index in [0.717, 1.165) is 17.4 Å². The van der Waals surface area contributed by atoms with Gasteiger partial charge in [0.25, 0.3) is 0 Å². The monoisotopic (exact) mass is 406 g/mol. The smallest absolute Gasteiger partial charge is 0.161 e. The zero-order chi connectivity index (χ0) is 21.2. The van der Waals surface area contributed by atoms with Gasteiger partial charge in [-0.2, -0.15) is 0 Å². The van der Waals surface area contributed by atoms with Crippen molar-refractivity contribution in [3.8, 4) is 23.0 Å². The minimum atomic E-state index is 0.333. The van der Waals surface area contributed by atoms with Crippen molar-refractivity contribution in [2.75, 3.05) is 13.2 Å². The molecule has 3 rings (SSSR count). The zero-order valence-corrected chi connectivity index (χ0v) is 17.3. The highest BCUT2D eigenvalue weighted by Gasteiger charge is 2.10. The standard InChI is InChI=1S/C25H26O5/c1-3-27-24-14-20(16-26)10-12-22(24)30-18-21-11-13-23(25(15-21)28-4-2)29-17-19-8-6-5-7-9-19/h5-16H,3-4,17-18H2,1-2H3. The molecule has 0 aromatic heterocycles. The predicted molar refractivity (Wildman–Crippen MR) is 116 cm³/mol. The minimum absolute atomic E-state index is 0.333. The summed E-state index contributed by atoms with van der Waals surface area (Å²) in [6.07, 6.45) is 0.787. The highest BCUT2D eigenvalue weighted by molar-refractivity contribution is 5.76. The second-order valence-electron chi connectivity index (χ2n) is 6.53. The van der Waals surface area contributed by atoms with Crippen LogP contribution in [0, 0.1) is 0 Å². The SMILES string of the molecule is CCOc1cc(C=O)ccc1OCc1ccc(OCc2ccccc2)c(OCC)c1. The van der Waals surface area contributed by atoms with Gasteiger partial charge >= 0.3 is 0 Å². The first kappa shape index (κ1) is 21.2. The van der Waals surface area contributed by atoms with E-state index in [1.807, 2.05) is 62.4 Å². The summed E-state index contributed by atoms with van der Waals surface area (Å²) in [5.41, 5.74) is 2.58. The van der Waals surface area contributed by atoms with Crippen molar-refractivity contribution in [2.45, 2.75) is 27.1 Å². The molecular formula is C25H26O5. The molecule has 0 atom stereocenters. The van der Waals surface area contributed by atoms with E-state index in [1.54, 1.807) is 18.2 Å². The van der Waals surface area contributed by atoms with Gasteiger partial charge in [0.1, 0.15) is 19.5 Å². The lowest BCUT2D eigenvalue weighted by molar-refractivity contribution is 0.112. The molecule has 0 unspecified atom stereocenters. The molecule has 30 heavy (non-hydrogen) atoms. The van der Waals surface area contributed by atoms with Crippen molar-refractivity contribution in [3.63, 3.8) is 0 Å². The van der Waals surface area contributed by atoms with Gasteiger partial charge in [0.2, 0.25) is 0 Å². The molecule has 0 amide bonds. The van der Waals surface area contributed by atoms with Gasteiger partial charge in [0, 0.05) is 5.56 Å². The lowest BCUT2D eigenvalue weighted by atomic mass is 10.2. The summed E-state index contributed by atoms with van der Waals surface area (Å²) in [4.78, 5) is 11.0. The molecule has 5 nitrogen and oxygen atoms in total. The molecule has 0 N–H and O–H groups in total. The molecule has 156 valence electrons. The third kappa shape index (κ3) is 5.77. The second-order valence-corrected chi connectivity index (χ2v) is 6.53. The van der Waals surface area contributed by atoms with Crippen molar-refractivity contribution in [1.29, 1.82) is 0 Å². The Kier molecular flexibility index (Phi) is 7.72. The van der Waals surface area contributed by atoms with Gasteiger partial charge in [-0.1, -0.05) is 36.4 Å². The largest absolute Gasteiger partial charge is 0.490 e. The molecule has 5 heteroatoms. The van der Waals surface area contributed by atoms with Gasteiger partial charge in [-0.25, -0.2) is 0 Å². The summed E-state index contributed by atoms with van der Waals surface area (Å²) in [5, 5.41) is 0. The highest BCUT2D eigenvalue weighted by atomic mass is 16.5. The number of aldehydes is 1. The summed E-state index contributed by atoms with van der Waals surface area (Å²) in [5.74, 6) is 2.51. The lowest BCUT2D eigenvalue weighted by Gasteiger charge is -2.15. The van der Waals surface area contributed by atoms with Crippen molar-refractivity contribution in [3.05, 3.63) is 83.4 Å². The van der Waals surface area contributed by atoms with Crippen LogP contribution in [0.1, 0.15) is 35.3 Å². The van der Waals surface area contributed by atoms with Gasteiger partial charge in [-0.15, -0.1) is 0 Å². The fourth-order valence-electron chi connectivity index (χ4n) is 2.91. The van der Waals surface area contributed by atoms with Crippen LogP contribution in [0.2, 0.25) is 0 Å². The molecule has 0 aliphatic heterocycles. The third-order valence-corrected chi connectivity index (χ3v) is 4.34. The van der Waals surface area contributed by atoms with E-state index in [4.69, 9.17) is 18.9 Å². The maximum atomic E-state index is 11.0. The third-order valence-electron chi connectivity index (χ3n) is 4.34. The van der Waals surface area contributed by atoms with Crippen LogP contribution in [0.3, 0.4) is 0 Å². The number of carbonyl (C=O) groups is 1. The summed E-state index contributed by atoms with van der Waals surface area (Å²) in [6.45, 7) is 5.65. The highest BCUT2D eigenvalue weighted by Crippen LogP contribution is 2.32. The molecule has 0 radical (unpaired) electrons. The van der Waals surface area contributed by atoms with E-state index in [0.29, 0.717) is 55.0 Å². The molecule has 0 saturated carbocycles. The minimum Gasteiger partial charge on any atom is -0.490 e. The molecule has 0 bridgehead atoms. The molecule has 3 aromatic rings. The van der Waals surface area contributed by atoms with Crippen LogP contribution in [0.15, 0.2) is 66.7 Å². The number of rotatable bonds is 11. The number of ether oxygens (including phenoxy) is 4. The Morgan fingerprint density at radius 2 is 1.23 bits per heavy atom. The number of hydrogen-bond acceptors (Lipinski definition) is 5. The summed E-state index contributed by atoms with van der Waals surface area (Å²) in [6, 6.07) is 20.9. The quantitative estimate of drug-likeness (QED) is 0.396. The Morgan fingerprint density at radius 3 is 1.87 bits per heavy atom. The molecule has 0 fully saturated rings. The molecule has 0 saturated heterocycles. The van der Waals surface area contributed by atoms with E-state index in [2.05, 4.69) is 0 Å². The van der Waals surface area contributed by atoms with E-state index >= 15 is 0 Å². The van der Waals surface area contributed by atoms with Crippen molar-refractivity contribution >= 4 is 6.29 Å². The van der Waals surface area contributed by atoms with Crippen LogP contribution in [0.4, 0.5) is 0 Å². The number of carbonyl (C=O) groups excluding carboxylic acids is 1. The van der Waals surface area contributed by atoms with Gasteiger partial charge in [0.15, 0.2) is 23.0 Å². The van der Waals surface area contributed by atoms with Crippen molar-refractivity contribution < 1.29 is 23.7 Å². The normalized spacial score (nSPS) is 10.3. The maximum Gasteiger partial charge on any atom is 0.161 e. The van der Waals surface area contributed by atoms with Crippen LogP contribution in [0.5, 0.6) is 23.0 Å². The molecule has 0 aliphatic rings. The maximum absolute atomic E-state index is 11.0. The summed E-state index contributed by atoms with van der Waals surface area (Å²) >= 11 is 0. The fraction of sp³-hybridized carbons (Fsp3) is 0.240. The number of hydrogen-bond donors (Lipinski definition) is 0. The Hall–Kier alpha value is -3.47. The number of benzene rings is 3. The fourth-order valence-corrected chi connectivity index (χ4v) is 2.91. The van der Waals surface area contributed by atoms with Gasteiger partial charge in [-0.3, -0.25) is 4.79 Å². The van der Waals surface area contributed by atoms with Crippen LogP contribution in [-0.2, 0) is 13.2 Å². The first-order valence-corrected chi connectivity index (χ1v) is 10.0. The van der Waals surface area contributed by atoms with Crippen LogP contribution < -0.4 is 18.9 Å². The van der Waals surface area contributed by atoms with E-state index in [-0.39, 0.29) is 0 Å². The molecule has 0 aliphatic carbocycles. The molecule has 0 spiro atoms. The molecule has 0 heterocycles. The van der Waals surface area contributed by atoms with Gasteiger partial charge < -0.3 is 18.9 Å². The second kappa shape index (κ2) is 10.9. The average molecular weight is 406 g/mol. The summed E-state index contributed by atoms with van der Waals surface area (Å²) < 4.78 is 23.3. The Balaban J connectivity index is 1.70. The van der Waals surface area contributed by atoms with Gasteiger partial charge in [0.05, 0.1) is 13.2 Å². The van der Waals surface area contributed by atoms with Crippen LogP contribution in [-0.4, -0.2) is 19.5 Å². The zero-order valence-electron chi connectivity index (χ0n) is 17.3. The van der Waals surface area contributed by atoms with E-state index < -0.39 is 0 Å². The first-order chi connectivity index (χ1) is 14.7.